The third kappa shape index (κ3) is 1.48. The number of urea groups is 1. The third-order valence-electron chi connectivity index (χ3n) is 1.75. The van der Waals surface area contributed by atoms with Crippen molar-refractivity contribution in [2.75, 3.05) is 5.32 Å². The fourth-order valence-corrected chi connectivity index (χ4v) is 2.05. The Bertz CT molecular complexity index is 450. The molecule has 0 spiro atoms. The monoisotopic (exact) mass is 192 g/mol. The van der Waals surface area contributed by atoms with Gasteiger partial charge in [-0.2, -0.15) is 0 Å². The quantitative estimate of drug-likeness (QED) is 0.716. The van der Waals surface area contributed by atoms with Crippen LogP contribution in [0.15, 0.2) is 29.6 Å². The molecular weight excluding hydrogens is 184 g/mol. The van der Waals surface area contributed by atoms with Crippen molar-refractivity contribution in [3.8, 4) is 0 Å². The highest BCUT2D eigenvalue weighted by atomic mass is 32.1. The zero-order valence-electron chi connectivity index (χ0n) is 6.78. The predicted molar refractivity (Wildman–Crippen MR) is 55.0 cm³/mol. The largest absolute Gasteiger partial charge is 0.351 e. The number of nitrogens with one attached hydrogen (secondary N) is 1. The first-order valence-corrected chi connectivity index (χ1v) is 4.68. The summed E-state index contributed by atoms with van der Waals surface area (Å²) >= 11 is 1.64. The molecule has 0 fully saturated rings. The van der Waals surface area contributed by atoms with Gasteiger partial charge in [0.25, 0.3) is 0 Å². The zero-order chi connectivity index (χ0) is 9.26. The molecule has 0 saturated heterocycles. The first-order valence-electron chi connectivity index (χ1n) is 3.80. The van der Waals surface area contributed by atoms with Gasteiger partial charge in [-0.15, -0.1) is 11.3 Å². The molecule has 2 amide bonds. The first kappa shape index (κ1) is 8.07. The van der Waals surface area contributed by atoms with E-state index in [0.717, 1.165) is 15.8 Å². The summed E-state index contributed by atoms with van der Waals surface area (Å²) in [6.45, 7) is 0. The SMILES string of the molecule is NC(=O)Nc1cccc2sccc12. The second-order valence-corrected chi connectivity index (χ2v) is 3.57. The third-order valence-corrected chi connectivity index (χ3v) is 2.64. The van der Waals surface area contributed by atoms with E-state index in [1.165, 1.54) is 0 Å². The summed E-state index contributed by atoms with van der Waals surface area (Å²) in [6, 6.07) is 7.17. The lowest BCUT2D eigenvalue weighted by molar-refractivity contribution is 0.259. The van der Waals surface area contributed by atoms with Crippen LogP contribution in [0, 0.1) is 0 Å². The van der Waals surface area contributed by atoms with E-state index in [0.29, 0.717) is 0 Å². The number of amides is 2. The lowest BCUT2D eigenvalue weighted by atomic mass is 10.2. The number of carbonyl (C=O) groups is 1. The van der Waals surface area contributed by atoms with Gasteiger partial charge in [0.15, 0.2) is 0 Å². The van der Waals surface area contributed by atoms with Gasteiger partial charge in [-0.1, -0.05) is 6.07 Å². The van der Waals surface area contributed by atoms with Crippen LogP contribution in [0.4, 0.5) is 10.5 Å². The molecule has 0 atom stereocenters. The van der Waals surface area contributed by atoms with E-state index in [1.807, 2.05) is 29.6 Å². The minimum absolute atomic E-state index is 0.529. The molecule has 0 radical (unpaired) electrons. The van der Waals surface area contributed by atoms with E-state index >= 15 is 0 Å². The zero-order valence-corrected chi connectivity index (χ0v) is 7.60. The highest BCUT2D eigenvalue weighted by molar-refractivity contribution is 7.17. The molecule has 0 aliphatic carbocycles. The summed E-state index contributed by atoms with van der Waals surface area (Å²) in [4.78, 5) is 10.6. The Kier molecular flexibility index (Phi) is 1.90. The van der Waals surface area contributed by atoms with E-state index in [1.54, 1.807) is 11.3 Å². The van der Waals surface area contributed by atoms with Crippen molar-refractivity contribution < 1.29 is 4.79 Å². The maximum Gasteiger partial charge on any atom is 0.316 e. The van der Waals surface area contributed by atoms with Crippen molar-refractivity contribution in [3.63, 3.8) is 0 Å². The van der Waals surface area contributed by atoms with Crippen molar-refractivity contribution in [3.05, 3.63) is 29.6 Å². The van der Waals surface area contributed by atoms with Crippen LogP contribution in [0.1, 0.15) is 0 Å². The number of hydrogen-bond acceptors (Lipinski definition) is 2. The average Bonchev–Trinajstić information content (AvgIpc) is 2.51. The molecule has 3 nitrogen and oxygen atoms in total. The van der Waals surface area contributed by atoms with Crippen LogP contribution in [-0.2, 0) is 0 Å². The van der Waals surface area contributed by atoms with Gasteiger partial charge in [0, 0.05) is 10.1 Å². The molecule has 13 heavy (non-hydrogen) atoms. The summed E-state index contributed by atoms with van der Waals surface area (Å²) in [6.07, 6.45) is 0. The van der Waals surface area contributed by atoms with Crippen LogP contribution in [0.3, 0.4) is 0 Å². The number of fused-ring (bicyclic) bond motifs is 1. The van der Waals surface area contributed by atoms with Gasteiger partial charge in [-0.05, 0) is 23.6 Å². The number of benzene rings is 1. The van der Waals surface area contributed by atoms with E-state index in [4.69, 9.17) is 5.73 Å². The minimum Gasteiger partial charge on any atom is -0.351 e. The summed E-state index contributed by atoms with van der Waals surface area (Å²) < 4.78 is 1.14. The molecule has 2 rings (SSSR count). The molecule has 0 aliphatic heterocycles. The molecule has 1 aromatic heterocycles. The number of rotatable bonds is 1. The lowest BCUT2D eigenvalue weighted by Gasteiger charge is -2.02. The standard InChI is InChI=1S/C9H8N2OS/c10-9(12)11-7-2-1-3-8-6(7)4-5-13-8/h1-5H,(H3,10,11,12). The fourth-order valence-electron chi connectivity index (χ4n) is 1.24. The topological polar surface area (TPSA) is 55.1 Å². The van der Waals surface area contributed by atoms with Crippen LogP contribution in [0.2, 0.25) is 0 Å². The molecule has 0 aliphatic rings. The lowest BCUT2D eigenvalue weighted by Crippen LogP contribution is -2.19. The Hall–Kier alpha value is -1.55. The van der Waals surface area contributed by atoms with Gasteiger partial charge in [0.1, 0.15) is 0 Å². The van der Waals surface area contributed by atoms with Gasteiger partial charge in [0.05, 0.1) is 5.69 Å². The molecular formula is C9H8N2OS. The molecule has 0 unspecified atom stereocenters. The van der Waals surface area contributed by atoms with Crippen molar-refractivity contribution >= 4 is 33.1 Å². The molecule has 0 bridgehead atoms. The number of hydrogen-bond donors (Lipinski definition) is 2. The Labute approximate surface area is 79.2 Å². The second kappa shape index (κ2) is 3.06. The Balaban J connectivity index is 2.54. The van der Waals surface area contributed by atoms with Crippen molar-refractivity contribution in [2.45, 2.75) is 0 Å². The Morgan fingerprint density at radius 1 is 1.38 bits per heavy atom. The molecule has 3 N–H and O–H groups in total. The van der Waals surface area contributed by atoms with E-state index < -0.39 is 6.03 Å². The number of primary amides is 1. The summed E-state index contributed by atoms with van der Waals surface area (Å²) in [5.74, 6) is 0. The predicted octanol–water partition coefficient (Wildman–Crippen LogP) is 2.39. The molecule has 2 aromatic rings. The van der Waals surface area contributed by atoms with E-state index in [-0.39, 0.29) is 0 Å². The first-order chi connectivity index (χ1) is 6.27. The van der Waals surface area contributed by atoms with Gasteiger partial charge in [-0.25, -0.2) is 4.79 Å². The van der Waals surface area contributed by atoms with Gasteiger partial charge in [-0.3, -0.25) is 0 Å². The van der Waals surface area contributed by atoms with Gasteiger partial charge >= 0.3 is 6.03 Å². The highest BCUT2D eigenvalue weighted by Gasteiger charge is 2.02. The Morgan fingerprint density at radius 2 is 2.23 bits per heavy atom. The molecule has 66 valence electrons. The van der Waals surface area contributed by atoms with Crippen molar-refractivity contribution in [1.82, 2.24) is 0 Å². The number of nitrogens with two attached hydrogens (primary N) is 1. The fraction of sp³-hybridized carbons (Fsp3) is 0. The molecule has 0 saturated carbocycles. The van der Waals surface area contributed by atoms with Crippen LogP contribution in [-0.4, -0.2) is 6.03 Å². The summed E-state index contributed by atoms with van der Waals surface area (Å²) in [5, 5.41) is 5.60. The van der Waals surface area contributed by atoms with E-state index in [9.17, 15) is 4.79 Å². The highest BCUT2D eigenvalue weighted by Crippen LogP contribution is 2.27. The maximum atomic E-state index is 10.6. The van der Waals surface area contributed by atoms with Crippen LogP contribution in [0.25, 0.3) is 10.1 Å². The normalized spacial score (nSPS) is 10.2. The summed E-state index contributed by atoms with van der Waals surface area (Å²) in [7, 11) is 0. The van der Waals surface area contributed by atoms with E-state index in [2.05, 4.69) is 5.32 Å². The van der Waals surface area contributed by atoms with Crippen molar-refractivity contribution in [2.24, 2.45) is 5.73 Å². The smallest absolute Gasteiger partial charge is 0.316 e. The number of anilines is 1. The minimum atomic E-state index is -0.529. The average molecular weight is 192 g/mol. The van der Waals surface area contributed by atoms with Gasteiger partial charge < -0.3 is 11.1 Å². The molecule has 4 heteroatoms. The van der Waals surface area contributed by atoms with Crippen LogP contribution >= 0.6 is 11.3 Å². The molecule has 1 heterocycles. The maximum absolute atomic E-state index is 10.6. The molecule has 1 aromatic carbocycles. The number of carbonyl (C=O) groups excluding carboxylic acids is 1. The summed E-state index contributed by atoms with van der Waals surface area (Å²) in [5.41, 5.74) is 5.81. The number of thiophene rings is 1. The van der Waals surface area contributed by atoms with Crippen LogP contribution in [0.5, 0.6) is 0 Å². The second-order valence-electron chi connectivity index (χ2n) is 2.63. The van der Waals surface area contributed by atoms with Crippen LogP contribution < -0.4 is 11.1 Å². The Morgan fingerprint density at radius 3 is 3.00 bits per heavy atom. The van der Waals surface area contributed by atoms with Crippen molar-refractivity contribution in [1.29, 1.82) is 0 Å². The van der Waals surface area contributed by atoms with Gasteiger partial charge in [0.2, 0.25) is 0 Å².